The Balaban J connectivity index is 2.07. The standard InChI is InChI=1S/C11H21N3/c1-3-4-11(2)13-7-10-14-8-5-12-6-9-14/h3-4,12-13H,1,5-10H2,2H3/b11-4+. The van der Waals surface area contributed by atoms with Crippen molar-refractivity contribution in [2.24, 2.45) is 0 Å². The SMILES string of the molecule is C=C/C=C(\C)NCCN1CCNCC1. The summed E-state index contributed by atoms with van der Waals surface area (Å²) in [6, 6.07) is 0. The molecule has 0 bridgehead atoms. The second-order valence-electron chi connectivity index (χ2n) is 3.60. The maximum absolute atomic E-state index is 3.66. The van der Waals surface area contributed by atoms with E-state index >= 15 is 0 Å². The van der Waals surface area contributed by atoms with Crippen molar-refractivity contribution in [3.63, 3.8) is 0 Å². The molecule has 0 aromatic carbocycles. The van der Waals surface area contributed by atoms with E-state index in [9.17, 15) is 0 Å². The van der Waals surface area contributed by atoms with Gasteiger partial charge in [-0.3, -0.25) is 4.90 Å². The highest BCUT2D eigenvalue weighted by Crippen LogP contribution is 1.91. The van der Waals surface area contributed by atoms with Crippen LogP contribution in [0.2, 0.25) is 0 Å². The molecule has 0 atom stereocenters. The molecule has 3 nitrogen and oxygen atoms in total. The molecule has 80 valence electrons. The normalized spacial score (nSPS) is 19.4. The molecular weight excluding hydrogens is 174 g/mol. The number of nitrogens with zero attached hydrogens (tertiary/aromatic N) is 1. The Bertz CT molecular complexity index is 193. The van der Waals surface area contributed by atoms with Gasteiger partial charge in [-0.1, -0.05) is 12.7 Å². The van der Waals surface area contributed by atoms with Crippen molar-refractivity contribution in [1.29, 1.82) is 0 Å². The van der Waals surface area contributed by atoms with Gasteiger partial charge in [-0.05, 0) is 13.0 Å². The number of rotatable bonds is 5. The summed E-state index contributed by atoms with van der Waals surface area (Å²) in [7, 11) is 0. The van der Waals surface area contributed by atoms with Crippen molar-refractivity contribution in [3.05, 3.63) is 24.4 Å². The van der Waals surface area contributed by atoms with Crippen molar-refractivity contribution in [2.45, 2.75) is 6.92 Å². The molecule has 0 spiro atoms. The minimum Gasteiger partial charge on any atom is -0.387 e. The van der Waals surface area contributed by atoms with Crippen LogP contribution in [0.4, 0.5) is 0 Å². The zero-order valence-corrected chi connectivity index (χ0v) is 9.05. The third kappa shape index (κ3) is 4.44. The zero-order chi connectivity index (χ0) is 10.2. The molecule has 0 amide bonds. The van der Waals surface area contributed by atoms with Crippen LogP contribution in [0, 0.1) is 0 Å². The van der Waals surface area contributed by atoms with Crippen LogP contribution in [0.15, 0.2) is 24.4 Å². The van der Waals surface area contributed by atoms with Gasteiger partial charge in [0.1, 0.15) is 0 Å². The van der Waals surface area contributed by atoms with E-state index in [0.29, 0.717) is 0 Å². The predicted octanol–water partition coefficient (Wildman–Crippen LogP) is 0.571. The van der Waals surface area contributed by atoms with E-state index < -0.39 is 0 Å². The molecule has 0 aromatic rings. The molecule has 1 saturated heterocycles. The Morgan fingerprint density at radius 3 is 2.86 bits per heavy atom. The maximum atomic E-state index is 3.66. The molecule has 1 aliphatic heterocycles. The first-order chi connectivity index (χ1) is 6.83. The van der Waals surface area contributed by atoms with Crippen LogP contribution in [-0.4, -0.2) is 44.2 Å². The largest absolute Gasteiger partial charge is 0.387 e. The van der Waals surface area contributed by atoms with Gasteiger partial charge in [-0.2, -0.15) is 0 Å². The summed E-state index contributed by atoms with van der Waals surface area (Å²) in [4.78, 5) is 2.48. The van der Waals surface area contributed by atoms with Gasteiger partial charge in [0.2, 0.25) is 0 Å². The summed E-state index contributed by atoms with van der Waals surface area (Å²) >= 11 is 0. The van der Waals surface area contributed by atoms with Gasteiger partial charge in [0.05, 0.1) is 0 Å². The molecule has 0 radical (unpaired) electrons. The Labute approximate surface area is 86.9 Å². The van der Waals surface area contributed by atoms with E-state index in [2.05, 4.69) is 29.0 Å². The van der Waals surface area contributed by atoms with E-state index in [1.165, 1.54) is 18.8 Å². The molecule has 14 heavy (non-hydrogen) atoms. The van der Waals surface area contributed by atoms with Crippen molar-refractivity contribution in [3.8, 4) is 0 Å². The molecule has 0 aromatic heterocycles. The van der Waals surface area contributed by atoms with Crippen LogP contribution in [0.3, 0.4) is 0 Å². The quantitative estimate of drug-likeness (QED) is 0.628. The fraction of sp³-hybridized carbons (Fsp3) is 0.636. The molecule has 1 rings (SSSR count). The van der Waals surface area contributed by atoms with Crippen LogP contribution in [0.25, 0.3) is 0 Å². The molecule has 0 saturated carbocycles. The van der Waals surface area contributed by atoms with Gasteiger partial charge in [-0.15, -0.1) is 0 Å². The van der Waals surface area contributed by atoms with Crippen molar-refractivity contribution in [2.75, 3.05) is 39.3 Å². The summed E-state index contributed by atoms with van der Waals surface area (Å²) in [5.74, 6) is 0. The number of allylic oxidation sites excluding steroid dienone is 3. The molecule has 1 heterocycles. The van der Waals surface area contributed by atoms with Gasteiger partial charge in [0.15, 0.2) is 0 Å². The van der Waals surface area contributed by atoms with Crippen LogP contribution in [0.5, 0.6) is 0 Å². The van der Waals surface area contributed by atoms with E-state index in [-0.39, 0.29) is 0 Å². The van der Waals surface area contributed by atoms with Crippen molar-refractivity contribution < 1.29 is 0 Å². The highest BCUT2D eigenvalue weighted by molar-refractivity contribution is 5.05. The molecule has 0 aliphatic carbocycles. The molecular formula is C11H21N3. The first-order valence-electron chi connectivity index (χ1n) is 5.29. The van der Waals surface area contributed by atoms with Crippen LogP contribution in [0.1, 0.15) is 6.92 Å². The van der Waals surface area contributed by atoms with Crippen LogP contribution >= 0.6 is 0 Å². The van der Waals surface area contributed by atoms with Gasteiger partial charge >= 0.3 is 0 Å². The fourth-order valence-electron chi connectivity index (χ4n) is 1.58. The lowest BCUT2D eigenvalue weighted by atomic mass is 10.3. The first kappa shape index (κ1) is 11.3. The molecule has 1 aliphatic rings. The Kier molecular flexibility index (Phi) is 5.33. The fourth-order valence-corrected chi connectivity index (χ4v) is 1.58. The monoisotopic (exact) mass is 195 g/mol. The average molecular weight is 195 g/mol. The Morgan fingerprint density at radius 1 is 1.50 bits per heavy atom. The lowest BCUT2D eigenvalue weighted by Crippen LogP contribution is -2.45. The molecule has 1 fully saturated rings. The summed E-state index contributed by atoms with van der Waals surface area (Å²) in [5, 5.41) is 6.71. The lowest BCUT2D eigenvalue weighted by Gasteiger charge is -2.27. The Hall–Kier alpha value is -0.800. The second-order valence-corrected chi connectivity index (χ2v) is 3.60. The summed E-state index contributed by atoms with van der Waals surface area (Å²) in [6.45, 7) is 12.5. The second kappa shape index (κ2) is 6.62. The van der Waals surface area contributed by atoms with E-state index in [4.69, 9.17) is 0 Å². The molecule has 3 heteroatoms. The third-order valence-corrected chi connectivity index (χ3v) is 2.41. The van der Waals surface area contributed by atoms with Gasteiger partial charge in [0.25, 0.3) is 0 Å². The minimum atomic E-state index is 1.02. The number of piperazine rings is 1. The van der Waals surface area contributed by atoms with Crippen molar-refractivity contribution >= 4 is 0 Å². The van der Waals surface area contributed by atoms with Crippen molar-refractivity contribution in [1.82, 2.24) is 15.5 Å². The maximum Gasteiger partial charge on any atom is 0.0271 e. The highest BCUT2D eigenvalue weighted by Gasteiger charge is 2.07. The minimum absolute atomic E-state index is 1.02. The van der Waals surface area contributed by atoms with Gasteiger partial charge < -0.3 is 10.6 Å². The lowest BCUT2D eigenvalue weighted by molar-refractivity contribution is 0.243. The smallest absolute Gasteiger partial charge is 0.0271 e. The number of hydrogen-bond acceptors (Lipinski definition) is 3. The first-order valence-corrected chi connectivity index (χ1v) is 5.29. The van der Waals surface area contributed by atoms with E-state index in [0.717, 1.165) is 26.2 Å². The molecule has 2 N–H and O–H groups in total. The van der Waals surface area contributed by atoms with E-state index in [1.807, 2.05) is 12.2 Å². The Morgan fingerprint density at radius 2 is 2.21 bits per heavy atom. The summed E-state index contributed by atoms with van der Waals surface area (Å²) < 4.78 is 0. The zero-order valence-electron chi connectivity index (χ0n) is 9.05. The summed E-state index contributed by atoms with van der Waals surface area (Å²) in [5.41, 5.74) is 1.19. The predicted molar refractivity (Wildman–Crippen MR) is 61.3 cm³/mol. The average Bonchev–Trinajstić information content (AvgIpc) is 2.20. The van der Waals surface area contributed by atoms with Gasteiger partial charge in [-0.25, -0.2) is 0 Å². The van der Waals surface area contributed by atoms with Crippen LogP contribution in [-0.2, 0) is 0 Å². The number of hydrogen-bond donors (Lipinski definition) is 2. The van der Waals surface area contributed by atoms with Crippen LogP contribution < -0.4 is 10.6 Å². The molecule has 0 unspecified atom stereocenters. The topological polar surface area (TPSA) is 27.3 Å². The highest BCUT2D eigenvalue weighted by atomic mass is 15.2. The summed E-state index contributed by atoms with van der Waals surface area (Å²) in [6.07, 6.45) is 3.81. The third-order valence-electron chi connectivity index (χ3n) is 2.41. The van der Waals surface area contributed by atoms with E-state index in [1.54, 1.807) is 0 Å². The van der Waals surface area contributed by atoms with Gasteiger partial charge in [0, 0.05) is 45.0 Å². The number of nitrogens with one attached hydrogen (secondary N) is 2.